The van der Waals surface area contributed by atoms with Crippen molar-refractivity contribution >= 4 is 0 Å². The Balaban J connectivity index is 2.54. The second kappa shape index (κ2) is 9.72. The van der Waals surface area contributed by atoms with Crippen LogP contribution in [0.1, 0.15) is 38.6 Å². The Bertz CT molecular complexity index is 378. The van der Waals surface area contributed by atoms with Crippen LogP contribution in [0.15, 0.2) is 12.1 Å². The Kier molecular flexibility index (Phi) is 8.23. The van der Waals surface area contributed by atoms with Gasteiger partial charge in [0.2, 0.25) is 0 Å². The summed E-state index contributed by atoms with van der Waals surface area (Å²) in [4.78, 5) is 6.94. The minimum Gasteiger partial charge on any atom is -0.490 e. The van der Waals surface area contributed by atoms with Gasteiger partial charge in [0.15, 0.2) is 0 Å². The summed E-state index contributed by atoms with van der Waals surface area (Å²) in [5, 5.41) is 3.39. The topological polar surface area (TPSA) is 37.4 Å². The Morgan fingerprint density at radius 3 is 2.60 bits per heavy atom. The summed E-state index contributed by atoms with van der Waals surface area (Å²) in [5.41, 5.74) is 2.05. The summed E-state index contributed by atoms with van der Waals surface area (Å²) in [6.07, 6.45) is 1.13. The van der Waals surface area contributed by atoms with Gasteiger partial charge in [-0.2, -0.15) is 0 Å². The molecule has 0 fully saturated rings. The summed E-state index contributed by atoms with van der Waals surface area (Å²) in [5.74, 6) is 0.909. The van der Waals surface area contributed by atoms with Crippen molar-refractivity contribution in [3.05, 3.63) is 23.5 Å². The van der Waals surface area contributed by atoms with Crippen LogP contribution in [-0.4, -0.2) is 42.7 Å². The van der Waals surface area contributed by atoms with Gasteiger partial charge in [0.25, 0.3) is 0 Å². The van der Waals surface area contributed by atoms with Crippen molar-refractivity contribution < 1.29 is 4.74 Å². The number of nitrogens with zero attached hydrogens (tertiary/aromatic N) is 2. The minimum absolute atomic E-state index is 0.715. The molecule has 0 spiro atoms. The molecule has 114 valence electrons. The SMILES string of the molecule is CCCNCc1nc(C)ccc1OCCN(CC)CC. The van der Waals surface area contributed by atoms with Crippen LogP contribution in [0.5, 0.6) is 5.75 Å². The normalized spacial score (nSPS) is 11.1. The standard InChI is InChI=1S/C16H29N3O/c1-5-10-17-13-15-16(9-8-14(4)18-15)20-12-11-19(6-2)7-3/h8-9,17H,5-7,10-13H2,1-4H3. The van der Waals surface area contributed by atoms with Gasteiger partial charge in [0.1, 0.15) is 12.4 Å². The van der Waals surface area contributed by atoms with E-state index >= 15 is 0 Å². The molecule has 0 saturated carbocycles. The average molecular weight is 279 g/mol. The van der Waals surface area contributed by atoms with Crippen LogP contribution in [0, 0.1) is 6.92 Å². The molecular weight excluding hydrogens is 250 g/mol. The van der Waals surface area contributed by atoms with Crippen LogP contribution in [0.25, 0.3) is 0 Å². The van der Waals surface area contributed by atoms with E-state index < -0.39 is 0 Å². The number of hydrogen-bond acceptors (Lipinski definition) is 4. The number of rotatable bonds is 10. The largest absolute Gasteiger partial charge is 0.490 e. The van der Waals surface area contributed by atoms with Gasteiger partial charge in [-0.25, -0.2) is 0 Å². The molecule has 0 radical (unpaired) electrons. The van der Waals surface area contributed by atoms with E-state index in [1.807, 2.05) is 19.1 Å². The maximum Gasteiger partial charge on any atom is 0.142 e. The number of nitrogens with one attached hydrogen (secondary N) is 1. The molecule has 0 bridgehead atoms. The predicted octanol–water partition coefficient (Wildman–Crippen LogP) is 2.61. The molecule has 0 atom stereocenters. The lowest BCUT2D eigenvalue weighted by molar-refractivity contribution is 0.220. The number of ether oxygens (including phenoxy) is 1. The highest BCUT2D eigenvalue weighted by Crippen LogP contribution is 2.16. The summed E-state index contributed by atoms with van der Waals surface area (Å²) in [6, 6.07) is 4.05. The van der Waals surface area contributed by atoms with Gasteiger partial charge in [-0.1, -0.05) is 20.8 Å². The first-order chi connectivity index (χ1) is 9.71. The fraction of sp³-hybridized carbons (Fsp3) is 0.688. The van der Waals surface area contributed by atoms with Gasteiger partial charge in [0.05, 0.1) is 5.69 Å². The van der Waals surface area contributed by atoms with Crippen molar-refractivity contribution in [2.45, 2.75) is 40.7 Å². The molecule has 0 aromatic carbocycles. The van der Waals surface area contributed by atoms with Crippen LogP contribution < -0.4 is 10.1 Å². The fourth-order valence-electron chi connectivity index (χ4n) is 2.06. The van der Waals surface area contributed by atoms with Crippen LogP contribution in [0.3, 0.4) is 0 Å². The number of hydrogen-bond donors (Lipinski definition) is 1. The first-order valence-electron chi connectivity index (χ1n) is 7.73. The van der Waals surface area contributed by atoms with Crippen molar-refractivity contribution in [2.75, 3.05) is 32.8 Å². The second-order valence-corrected chi connectivity index (χ2v) is 4.95. The lowest BCUT2D eigenvalue weighted by atomic mass is 10.2. The molecule has 20 heavy (non-hydrogen) atoms. The highest BCUT2D eigenvalue weighted by atomic mass is 16.5. The van der Waals surface area contributed by atoms with E-state index in [2.05, 4.69) is 36.0 Å². The van der Waals surface area contributed by atoms with Crippen LogP contribution >= 0.6 is 0 Å². The predicted molar refractivity (Wildman–Crippen MR) is 84.3 cm³/mol. The number of pyridine rings is 1. The zero-order chi connectivity index (χ0) is 14.8. The Morgan fingerprint density at radius 2 is 1.95 bits per heavy atom. The fourth-order valence-corrected chi connectivity index (χ4v) is 2.06. The van der Waals surface area contributed by atoms with Crippen LogP contribution in [-0.2, 0) is 6.54 Å². The first kappa shape index (κ1) is 16.9. The van der Waals surface area contributed by atoms with Gasteiger partial charge >= 0.3 is 0 Å². The van der Waals surface area contributed by atoms with E-state index in [1.54, 1.807) is 0 Å². The third-order valence-electron chi connectivity index (χ3n) is 3.35. The number of aromatic nitrogens is 1. The van der Waals surface area contributed by atoms with Gasteiger partial charge in [-0.15, -0.1) is 0 Å². The minimum atomic E-state index is 0.715. The molecular formula is C16H29N3O. The van der Waals surface area contributed by atoms with Gasteiger partial charge < -0.3 is 15.0 Å². The smallest absolute Gasteiger partial charge is 0.142 e. The van der Waals surface area contributed by atoms with E-state index in [1.165, 1.54) is 0 Å². The zero-order valence-electron chi connectivity index (χ0n) is 13.4. The first-order valence-corrected chi connectivity index (χ1v) is 7.73. The molecule has 0 aliphatic rings. The average Bonchev–Trinajstić information content (AvgIpc) is 2.46. The molecule has 1 heterocycles. The van der Waals surface area contributed by atoms with Crippen LogP contribution in [0.2, 0.25) is 0 Å². The Morgan fingerprint density at radius 1 is 1.20 bits per heavy atom. The molecule has 0 amide bonds. The number of likely N-dealkylation sites (N-methyl/N-ethyl adjacent to an activating group) is 1. The maximum atomic E-state index is 5.91. The molecule has 1 N–H and O–H groups in total. The Hall–Kier alpha value is -1.13. The summed E-state index contributed by atoms with van der Waals surface area (Å²) < 4.78 is 5.91. The van der Waals surface area contributed by atoms with Crippen molar-refractivity contribution in [3.8, 4) is 5.75 Å². The summed E-state index contributed by atoms with van der Waals surface area (Å²) in [7, 11) is 0. The molecule has 1 aromatic heterocycles. The lowest BCUT2D eigenvalue weighted by Gasteiger charge is -2.19. The van der Waals surface area contributed by atoms with E-state index in [4.69, 9.17) is 4.74 Å². The van der Waals surface area contributed by atoms with Gasteiger partial charge in [0, 0.05) is 18.8 Å². The monoisotopic (exact) mass is 279 g/mol. The molecule has 0 aliphatic heterocycles. The molecule has 4 heteroatoms. The van der Waals surface area contributed by atoms with Crippen molar-refractivity contribution in [2.24, 2.45) is 0 Å². The molecule has 0 aliphatic carbocycles. The third-order valence-corrected chi connectivity index (χ3v) is 3.35. The highest BCUT2D eigenvalue weighted by molar-refractivity contribution is 5.29. The van der Waals surface area contributed by atoms with Gasteiger partial charge in [-0.3, -0.25) is 4.98 Å². The number of aryl methyl sites for hydroxylation is 1. The molecule has 4 nitrogen and oxygen atoms in total. The van der Waals surface area contributed by atoms with E-state index in [9.17, 15) is 0 Å². The highest BCUT2D eigenvalue weighted by Gasteiger charge is 2.06. The van der Waals surface area contributed by atoms with Gasteiger partial charge in [-0.05, 0) is 45.1 Å². The third kappa shape index (κ3) is 5.88. The molecule has 1 rings (SSSR count). The molecule has 0 unspecified atom stereocenters. The second-order valence-electron chi connectivity index (χ2n) is 4.95. The summed E-state index contributed by atoms with van der Waals surface area (Å²) in [6.45, 7) is 14.1. The van der Waals surface area contributed by atoms with E-state index in [-0.39, 0.29) is 0 Å². The molecule has 0 saturated heterocycles. The van der Waals surface area contributed by atoms with E-state index in [0.29, 0.717) is 6.61 Å². The van der Waals surface area contributed by atoms with Crippen molar-refractivity contribution in [1.29, 1.82) is 0 Å². The quantitative estimate of drug-likeness (QED) is 0.668. The Labute approximate surface area is 123 Å². The van der Waals surface area contributed by atoms with Crippen molar-refractivity contribution in [1.82, 2.24) is 15.2 Å². The summed E-state index contributed by atoms with van der Waals surface area (Å²) >= 11 is 0. The van der Waals surface area contributed by atoms with Crippen molar-refractivity contribution in [3.63, 3.8) is 0 Å². The van der Waals surface area contributed by atoms with E-state index in [0.717, 1.165) is 56.3 Å². The zero-order valence-corrected chi connectivity index (χ0v) is 13.4. The van der Waals surface area contributed by atoms with Crippen LogP contribution in [0.4, 0.5) is 0 Å². The molecule has 1 aromatic rings. The maximum absolute atomic E-state index is 5.91. The lowest BCUT2D eigenvalue weighted by Crippen LogP contribution is -2.28.